The third-order valence-electron chi connectivity index (χ3n) is 4.61. The van der Waals surface area contributed by atoms with Gasteiger partial charge in [0.05, 0.1) is 17.9 Å². The maximum atomic E-state index is 5.88. The summed E-state index contributed by atoms with van der Waals surface area (Å²) in [5.74, 6) is 0.580. The van der Waals surface area contributed by atoms with Crippen LogP contribution in [-0.4, -0.2) is 15.0 Å². The van der Waals surface area contributed by atoms with Crippen LogP contribution < -0.4 is 5.73 Å². The Morgan fingerprint density at radius 2 is 1.95 bits per heavy atom. The normalized spacial score (nSPS) is 16.3. The Morgan fingerprint density at radius 1 is 1.19 bits per heavy atom. The van der Waals surface area contributed by atoms with Crippen LogP contribution in [0.1, 0.15) is 60.5 Å². The Bertz CT molecular complexity index is 597. The fraction of sp³-hybridized carbons (Fsp3) is 0.529. The molecule has 1 aliphatic rings. The maximum absolute atomic E-state index is 5.88. The molecule has 1 aliphatic carbocycles. The van der Waals surface area contributed by atoms with Crippen LogP contribution in [0.25, 0.3) is 0 Å². The van der Waals surface area contributed by atoms with E-state index in [0.29, 0.717) is 12.5 Å². The Hall–Kier alpha value is -1.68. The van der Waals surface area contributed by atoms with Crippen molar-refractivity contribution in [2.45, 2.75) is 58.0 Å². The first-order valence-corrected chi connectivity index (χ1v) is 7.96. The summed E-state index contributed by atoms with van der Waals surface area (Å²) >= 11 is 0. The lowest BCUT2D eigenvalue weighted by Gasteiger charge is -2.23. The van der Waals surface area contributed by atoms with E-state index >= 15 is 0 Å². The van der Waals surface area contributed by atoms with E-state index in [9.17, 15) is 0 Å². The second-order valence-electron chi connectivity index (χ2n) is 6.04. The fourth-order valence-electron chi connectivity index (χ4n) is 3.39. The minimum absolute atomic E-state index is 0.486. The average Bonchev–Trinajstić information content (AvgIpc) is 2.93. The van der Waals surface area contributed by atoms with E-state index in [1.54, 1.807) is 0 Å². The van der Waals surface area contributed by atoms with Gasteiger partial charge in [0.25, 0.3) is 0 Å². The molecule has 0 bridgehead atoms. The average molecular weight is 284 g/mol. The van der Waals surface area contributed by atoms with Gasteiger partial charge in [0, 0.05) is 12.5 Å². The summed E-state index contributed by atoms with van der Waals surface area (Å²) in [5.41, 5.74) is 10.7. The molecule has 1 saturated carbocycles. The van der Waals surface area contributed by atoms with Gasteiger partial charge in [-0.1, -0.05) is 48.7 Å². The zero-order chi connectivity index (χ0) is 14.7. The number of benzene rings is 1. The van der Waals surface area contributed by atoms with Gasteiger partial charge in [-0.2, -0.15) is 0 Å². The lowest BCUT2D eigenvalue weighted by atomic mass is 9.86. The predicted octanol–water partition coefficient (Wildman–Crippen LogP) is 3.14. The first-order chi connectivity index (χ1) is 10.3. The summed E-state index contributed by atoms with van der Waals surface area (Å²) in [6, 6.07) is 8.48. The number of aromatic nitrogens is 3. The van der Waals surface area contributed by atoms with E-state index in [1.807, 2.05) is 0 Å². The van der Waals surface area contributed by atoms with Gasteiger partial charge >= 0.3 is 0 Å². The molecule has 3 rings (SSSR count). The van der Waals surface area contributed by atoms with E-state index in [-0.39, 0.29) is 0 Å². The summed E-state index contributed by atoms with van der Waals surface area (Å²) in [7, 11) is 0. The number of hydrogen-bond donors (Lipinski definition) is 1. The van der Waals surface area contributed by atoms with Crippen LogP contribution in [0.15, 0.2) is 24.3 Å². The van der Waals surface area contributed by atoms with Crippen molar-refractivity contribution in [3.05, 3.63) is 46.8 Å². The topological polar surface area (TPSA) is 56.7 Å². The zero-order valence-corrected chi connectivity index (χ0v) is 12.8. The SMILES string of the molecule is Cc1ccccc1Cn1nnc(CN)c1C1CCCCC1. The molecule has 0 aliphatic heterocycles. The molecule has 1 heterocycles. The standard InChI is InChI=1S/C17H24N4/c1-13-7-5-6-10-15(13)12-21-17(16(11-18)19-20-21)14-8-3-2-4-9-14/h5-7,10,14H,2-4,8-9,11-12,18H2,1H3. The monoisotopic (exact) mass is 284 g/mol. The minimum Gasteiger partial charge on any atom is -0.325 e. The second kappa shape index (κ2) is 6.39. The molecule has 0 amide bonds. The quantitative estimate of drug-likeness (QED) is 0.938. The van der Waals surface area contributed by atoms with Gasteiger partial charge in [-0.25, -0.2) is 4.68 Å². The third kappa shape index (κ3) is 3.00. The van der Waals surface area contributed by atoms with Crippen molar-refractivity contribution in [1.29, 1.82) is 0 Å². The smallest absolute Gasteiger partial charge is 0.0997 e. The largest absolute Gasteiger partial charge is 0.325 e. The zero-order valence-electron chi connectivity index (χ0n) is 12.8. The number of nitrogens with two attached hydrogens (primary N) is 1. The van der Waals surface area contributed by atoms with Crippen molar-refractivity contribution in [1.82, 2.24) is 15.0 Å². The molecule has 2 N–H and O–H groups in total. The molecule has 4 nitrogen and oxygen atoms in total. The Labute approximate surface area is 126 Å². The molecule has 1 aromatic heterocycles. The molecule has 2 aromatic rings. The molecular weight excluding hydrogens is 260 g/mol. The highest BCUT2D eigenvalue weighted by Crippen LogP contribution is 2.34. The van der Waals surface area contributed by atoms with Crippen LogP contribution in [0.4, 0.5) is 0 Å². The highest BCUT2D eigenvalue weighted by atomic mass is 15.4. The van der Waals surface area contributed by atoms with Crippen molar-refractivity contribution in [2.24, 2.45) is 5.73 Å². The Morgan fingerprint density at radius 3 is 2.67 bits per heavy atom. The highest BCUT2D eigenvalue weighted by Gasteiger charge is 2.24. The summed E-state index contributed by atoms with van der Waals surface area (Å²) in [6.07, 6.45) is 6.46. The van der Waals surface area contributed by atoms with Gasteiger partial charge in [-0.15, -0.1) is 5.10 Å². The number of nitrogens with zero attached hydrogens (tertiary/aromatic N) is 3. The van der Waals surface area contributed by atoms with E-state index in [4.69, 9.17) is 5.73 Å². The first kappa shape index (κ1) is 14.3. The third-order valence-corrected chi connectivity index (χ3v) is 4.61. The fourth-order valence-corrected chi connectivity index (χ4v) is 3.39. The van der Waals surface area contributed by atoms with Crippen molar-refractivity contribution in [3.63, 3.8) is 0 Å². The molecular formula is C17H24N4. The van der Waals surface area contributed by atoms with E-state index in [1.165, 1.54) is 48.9 Å². The van der Waals surface area contributed by atoms with Crippen LogP contribution in [0.2, 0.25) is 0 Å². The van der Waals surface area contributed by atoms with Gasteiger partial charge in [-0.3, -0.25) is 0 Å². The molecule has 1 aromatic carbocycles. The van der Waals surface area contributed by atoms with Crippen LogP contribution in [0.5, 0.6) is 0 Å². The summed E-state index contributed by atoms with van der Waals surface area (Å²) in [5, 5.41) is 8.71. The van der Waals surface area contributed by atoms with Gasteiger partial charge in [0.15, 0.2) is 0 Å². The van der Waals surface area contributed by atoms with Crippen LogP contribution >= 0.6 is 0 Å². The molecule has 21 heavy (non-hydrogen) atoms. The van der Waals surface area contributed by atoms with Crippen molar-refractivity contribution in [3.8, 4) is 0 Å². The molecule has 0 spiro atoms. The van der Waals surface area contributed by atoms with Crippen molar-refractivity contribution >= 4 is 0 Å². The molecule has 0 atom stereocenters. The minimum atomic E-state index is 0.486. The van der Waals surface area contributed by atoms with Crippen LogP contribution in [-0.2, 0) is 13.1 Å². The summed E-state index contributed by atoms with van der Waals surface area (Å²) in [4.78, 5) is 0. The van der Waals surface area contributed by atoms with Crippen LogP contribution in [0.3, 0.4) is 0 Å². The Kier molecular flexibility index (Phi) is 4.34. The lowest BCUT2D eigenvalue weighted by Crippen LogP contribution is -2.16. The van der Waals surface area contributed by atoms with Crippen molar-refractivity contribution in [2.75, 3.05) is 0 Å². The molecule has 1 fully saturated rings. The number of rotatable bonds is 4. The highest BCUT2D eigenvalue weighted by molar-refractivity contribution is 5.27. The summed E-state index contributed by atoms with van der Waals surface area (Å²) < 4.78 is 2.08. The second-order valence-corrected chi connectivity index (χ2v) is 6.04. The van der Waals surface area contributed by atoms with E-state index in [2.05, 4.69) is 46.2 Å². The van der Waals surface area contributed by atoms with Gasteiger partial charge < -0.3 is 5.73 Å². The van der Waals surface area contributed by atoms with Crippen molar-refractivity contribution < 1.29 is 0 Å². The first-order valence-electron chi connectivity index (χ1n) is 7.96. The summed E-state index contributed by atoms with van der Waals surface area (Å²) in [6.45, 7) is 3.43. The van der Waals surface area contributed by atoms with E-state index < -0.39 is 0 Å². The van der Waals surface area contributed by atoms with Gasteiger partial charge in [0.2, 0.25) is 0 Å². The van der Waals surface area contributed by atoms with Gasteiger partial charge in [0.1, 0.15) is 0 Å². The molecule has 112 valence electrons. The predicted molar refractivity (Wildman–Crippen MR) is 84.0 cm³/mol. The molecule has 0 radical (unpaired) electrons. The maximum Gasteiger partial charge on any atom is 0.0997 e. The number of hydrogen-bond acceptors (Lipinski definition) is 3. The molecule has 0 unspecified atom stereocenters. The molecule has 0 saturated heterocycles. The van der Waals surface area contributed by atoms with E-state index in [0.717, 1.165) is 12.2 Å². The Balaban J connectivity index is 1.91. The molecule has 4 heteroatoms. The number of aryl methyl sites for hydroxylation is 1. The van der Waals surface area contributed by atoms with Crippen LogP contribution in [0, 0.1) is 6.92 Å². The van der Waals surface area contributed by atoms with Gasteiger partial charge in [-0.05, 0) is 30.9 Å². The lowest BCUT2D eigenvalue weighted by molar-refractivity contribution is 0.417.